The average molecular weight is 516 g/mol. The van der Waals surface area contributed by atoms with E-state index in [-0.39, 0.29) is 30.8 Å². The molecule has 0 saturated heterocycles. The fourth-order valence-electron chi connectivity index (χ4n) is 2.30. The fraction of sp³-hybridized carbons (Fsp3) is 0.938. The highest BCUT2D eigenvalue weighted by Gasteiger charge is 2.86. The molecule has 0 aliphatic carbocycles. The molecule has 0 saturated carbocycles. The minimum Gasteiger partial charge on any atom is -0.299 e. The zero-order valence-electron chi connectivity index (χ0n) is 17.0. The van der Waals surface area contributed by atoms with Crippen molar-refractivity contribution in [1.82, 2.24) is 0 Å². The number of hydrogen-bond acceptors (Lipinski definition) is 4. The topological polar surface area (TPSA) is 60.4 Å². The van der Waals surface area contributed by atoms with Crippen LogP contribution in [0.5, 0.6) is 0 Å². The van der Waals surface area contributed by atoms with Gasteiger partial charge in [0.1, 0.15) is 5.78 Å². The molecule has 188 valence electrons. The van der Waals surface area contributed by atoms with Gasteiger partial charge in [0.2, 0.25) is 0 Å². The lowest BCUT2D eigenvalue weighted by atomic mass is 10.1. The highest BCUT2D eigenvalue weighted by molar-refractivity contribution is 8.33. The lowest BCUT2D eigenvalue weighted by Crippen LogP contribution is -2.63. The quantitative estimate of drug-likeness (QED) is 0.264. The van der Waals surface area contributed by atoms with E-state index < -0.39 is 55.2 Å². The number of Topliss-reactive ketones (excluding diaryl/α,β-unsaturated/α-hetero) is 1. The van der Waals surface area contributed by atoms with E-state index in [9.17, 15) is 52.7 Å². The van der Waals surface area contributed by atoms with E-state index in [0.29, 0.717) is 12.8 Å². The molecule has 0 aromatic carbocycles. The van der Waals surface area contributed by atoms with Crippen LogP contribution in [0.2, 0.25) is 0 Å². The number of carbonyl (C=O) groups excluding carboxylic acids is 1. The molecule has 4 nitrogen and oxygen atoms in total. The summed E-state index contributed by atoms with van der Waals surface area (Å²) in [4.78, 5) is 11.9. The maximum atomic E-state index is 14.1. The van der Waals surface area contributed by atoms with Crippen molar-refractivity contribution in [3.63, 3.8) is 0 Å². The van der Waals surface area contributed by atoms with Gasteiger partial charge in [-0.25, -0.2) is 3.63 Å². The number of alkyl halides is 9. The van der Waals surface area contributed by atoms with Crippen molar-refractivity contribution in [1.29, 1.82) is 0 Å². The van der Waals surface area contributed by atoms with E-state index in [1.165, 1.54) is 6.92 Å². The smallest absolute Gasteiger partial charge is 0.299 e. The van der Waals surface area contributed by atoms with Gasteiger partial charge in [-0.3, -0.25) is 4.79 Å². The second kappa shape index (κ2) is 10.5. The van der Waals surface area contributed by atoms with Crippen LogP contribution >= 0.6 is 10.3 Å². The third kappa shape index (κ3) is 6.42. The van der Waals surface area contributed by atoms with Crippen molar-refractivity contribution in [2.24, 2.45) is 0 Å². The first-order valence-corrected chi connectivity index (χ1v) is 12.7. The van der Waals surface area contributed by atoms with Gasteiger partial charge in [-0.15, -0.1) is 10.3 Å². The Hall–Kier alpha value is -0.700. The van der Waals surface area contributed by atoms with Gasteiger partial charge in [0.05, 0.1) is 5.75 Å². The Bertz CT molecular complexity index is 698. The Labute approximate surface area is 176 Å². The molecule has 0 radical (unpaired) electrons. The van der Waals surface area contributed by atoms with E-state index in [4.69, 9.17) is 0 Å². The van der Waals surface area contributed by atoms with Crippen molar-refractivity contribution in [3.05, 3.63) is 0 Å². The number of carbonyl (C=O) groups is 1. The molecule has 0 N–H and O–H groups in total. The fourth-order valence-corrected chi connectivity index (χ4v) is 8.25. The molecule has 0 heterocycles. The first kappa shape index (κ1) is 30.3. The van der Waals surface area contributed by atoms with Gasteiger partial charge >= 0.3 is 33.4 Å². The van der Waals surface area contributed by atoms with Crippen LogP contribution in [-0.2, 0) is 18.5 Å². The lowest BCUT2D eigenvalue weighted by molar-refractivity contribution is -0.382. The van der Waals surface area contributed by atoms with Crippen LogP contribution in [0.3, 0.4) is 0 Å². The molecule has 0 spiro atoms. The maximum Gasteiger partial charge on any atom is 0.460 e. The standard InChI is InChI=1S/C16H25F9O4S2/c1-4-7-9-30(10-8-5-2,11-12(26)6-3)29-31(27,28)16(24,25)14(19,20)13(17,18)15(21,22)23/h4-11H2,1-3H3. The van der Waals surface area contributed by atoms with Crippen molar-refractivity contribution in [2.75, 3.05) is 17.3 Å². The Morgan fingerprint density at radius 2 is 1.19 bits per heavy atom. The first-order valence-electron chi connectivity index (χ1n) is 9.22. The third-order valence-electron chi connectivity index (χ3n) is 4.22. The van der Waals surface area contributed by atoms with E-state index in [2.05, 4.69) is 3.63 Å². The van der Waals surface area contributed by atoms with Crippen LogP contribution in [0.15, 0.2) is 0 Å². The second-order valence-electron chi connectivity index (χ2n) is 6.80. The monoisotopic (exact) mass is 516 g/mol. The molecule has 15 heteroatoms. The Balaban J connectivity index is 6.45. The summed E-state index contributed by atoms with van der Waals surface area (Å²) < 4.78 is 147. The van der Waals surface area contributed by atoms with Crippen LogP contribution in [-0.4, -0.2) is 54.7 Å². The van der Waals surface area contributed by atoms with Crippen LogP contribution in [0, 0.1) is 0 Å². The van der Waals surface area contributed by atoms with Crippen molar-refractivity contribution in [2.45, 2.75) is 76.2 Å². The minimum absolute atomic E-state index is 0.117. The van der Waals surface area contributed by atoms with Crippen molar-refractivity contribution < 1.29 is 56.4 Å². The molecular weight excluding hydrogens is 491 g/mol. The Morgan fingerprint density at radius 3 is 1.52 bits per heavy atom. The molecule has 31 heavy (non-hydrogen) atoms. The highest BCUT2D eigenvalue weighted by atomic mass is 32.3. The van der Waals surface area contributed by atoms with Crippen LogP contribution < -0.4 is 0 Å². The van der Waals surface area contributed by atoms with E-state index in [1.54, 1.807) is 13.8 Å². The molecule has 0 rings (SSSR count). The van der Waals surface area contributed by atoms with Gasteiger partial charge in [-0.1, -0.05) is 33.6 Å². The van der Waals surface area contributed by atoms with Crippen LogP contribution in [0.25, 0.3) is 0 Å². The third-order valence-corrected chi connectivity index (χ3v) is 9.89. The van der Waals surface area contributed by atoms with Gasteiger partial charge in [-0.2, -0.15) is 47.9 Å². The summed E-state index contributed by atoms with van der Waals surface area (Å²) in [5.74, 6) is -16.8. The number of rotatable bonds is 14. The van der Waals surface area contributed by atoms with Gasteiger partial charge in [0.15, 0.2) is 0 Å². The summed E-state index contributed by atoms with van der Waals surface area (Å²) in [5, 5.41) is -6.93. The maximum absolute atomic E-state index is 14.1. The second-order valence-corrected chi connectivity index (χ2v) is 11.8. The highest BCUT2D eigenvalue weighted by Crippen LogP contribution is 2.59. The molecule has 0 aliphatic rings. The largest absolute Gasteiger partial charge is 0.460 e. The van der Waals surface area contributed by atoms with Gasteiger partial charge in [-0.05, 0) is 12.8 Å². The zero-order chi connectivity index (χ0) is 24.9. The van der Waals surface area contributed by atoms with Crippen molar-refractivity contribution >= 4 is 26.2 Å². The van der Waals surface area contributed by atoms with E-state index in [1.807, 2.05) is 0 Å². The molecular formula is C16H25F9O4S2. The molecule has 0 aromatic heterocycles. The molecule has 0 fully saturated rings. The molecule has 0 bridgehead atoms. The number of unbranched alkanes of at least 4 members (excludes halogenated alkanes) is 2. The molecule has 0 aliphatic heterocycles. The van der Waals surface area contributed by atoms with Gasteiger partial charge in [0, 0.05) is 17.9 Å². The van der Waals surface area contributed by atoms with E-state index in [0.717, 1.165) is 0 Å². The average Bonchev–Trinajstić information content (AvgIpc) is 2.62. The predicted molar refractivity (Wildman–Crippen MR) is 98.2 cm³/mol. The minimum atomic E-state index is -7.37. The van der Waals surface area contributed by atoms with Crippen LogP contribution in [0.1, 0.15) is 52.9 Å². The summed E-state index contributed by atoms with van der Waals surface area (Å²) in [6, 6.07) is 0. The van der Waals surface area contributed by atoms with E-state index >= 15 is 0 Å². The van der Waals surface area contributed by atoms with Gasteiger partial charge in [0.25, 0.3) is 0 Å². The summed E-state index contributed by atoms with van der Waals surface area (Å²) in [7, 11) is -10.4. The normalized spacial score (nSPS) is 15.2. The summed E-state index contributed by atoms with van der Waals surface area (Å²) >= 11 is 0. The van der Waals surface area contributed by atoms with Gasteiger partial charge < -0.3 is 0 Å². The molecule has 0 unspecified atom stereocenters. The molecule has 0 aromatic rings. The summed E-state index contributed by atoms with van der Waals surface area (Å²) in [6.45, 7) is 4.56. The molecule has 0 amide bonds. The number of ketones is 1. The first-order chi connectivity index (χ1) is 13.8. The Kier molecular flexibility index (Phi) is 10.3. The van der Waals surface area contributed by atoms with Crippen LogP contribution in [0.4, 0.5) is 39.5 Å². The Morgan fingerprint density at radius 1 is 0.774 bits per heavy atom. The van der Waals surface area contributed by atoms with Crippen molar-refractivity contribution in [3.8, 4) is 0 Å². The SMILES string of the molecule is CCCCS(CCCC)(CC(=O)CC)OS(=O)(=O)C(F)(F)C(F)(F)C(F)(F)C(F)(F)F. The molecule has 0 atom stereocenters. The summed E-state index contributed by atoms with van der Waals surface area (Å²) in [5.41, 5.74) is 0. The number of halogens is 9. The lowest BCUT2D eigenvalue weighted by Gasteiger charge is -2.40. The summed E-state index contributed by atoms with van der Waals surface area (Å²) in [6.07, 6.45) is -6.41. The predicted octanol–water partition coefficient (Wildman–Crippen LogP) is 6.06. The number of hydrogen-bond donors (Lipinski definition) is 0. The zero-order valence-corrected chi connectivity index (χ0v) is 18.6.